The van der Waals surface area contributed by atoms with Crippen LogP contribution in [0.1, 0.15) is 18.0 Å². The molecule has 1 aromatic carbocycles. The molecule has 134 valence electrons. The van der Waals surface area contributed by atoms with Gasteiger partial charge in [-0.3, -0.25) is 9.78 Å². The molecule has 2 aliphatic rings. The van der Waals surface area contributed by atoms with Gasteiger partial charge in [0.25, 0.3) is 5.56 Å². The Labute approximate surface area is 150 Å². The molecule has 1 aromatic heterocycles. The van der Waals surface area contributed by atoms with Gasteiger partial charge in [0.2, 0.25) is 5.95 Å². The van der Waals surface area contributed by atoms with E-state index < -0.39 is 0 Å². The predicted molar refractivity (Wildman–Crippen MR) is 98.2 cm³/mol. The number of nitrogens with one attached hydrogen (secondary N) is 1. The van der Waals surface area contributed by atoms with Crippen LogP contribution in [0, 0.1) is 0 Å². The maximum Gasteiger partial charge on any atom is 0.341 e. The van der Waals surface area contributed by atoms with E-state index in [4.69, 9.17) is 0 Å². The minimum absolute atomic E-state index is 0.0473. The Hall–Kier alpha value is -3.16. The van der Waals surface area contributed by atoms with Crippen LogP contribution in [0.3, 0.4) is 0 Å². The van der Waals surface area contributed by atoms with E-state index in [0.717, 1.165) is 12.0 Å². The van der Waals surface area contributed by atoms with Crippen LogP contribution < -0.4 is 10.5 Å². The first-order valence-corrected chi connectivity index (χ1v) is 8.68. The summed E-state index contributed by atoms with van der Waals surface area (Å²) in [5.74, 6) is 0.547. The molecule has 8 heteroatoms. The number of nitrogens with zero attached hydrogens (tertiary/aromatic N) is 5. The fourth-order valence-electron chi connectivity index (χ4n) is 3.33. The SMILES string of the molecule is O=C(N1CCN(c2nccc(=O)[nH]2)CC1)N1N=CCC1c1ccccc1. The molecule has 1 unspecified atom stereocenters. The van der Waals surface area contributed by atoms with Crippen molar-refractivity contribution in [2.45, 2.75) is 12.5 Å². The quantitative estimate of drug-likeness (QED) is 0.886. The molecule has 0 aliphatic carbocycles. The summed E-state index contributed by atoms with van der Waals surface area (Å²) in [5.41, 5.74) is 0.911. The second-order valence-corrected chi connectivity index (χ2v) is 6.32. The van der Waals surface area contributed by atoms with Crippen LogP contribution in [0.15, 0.2) is 52.5 Å². The highest BCUT2D eigenvalue weighted by molar-refractivity contribution is 5.78. The van der Waals surface area contributed by atoms with Gasteiger partial charge in [-0.25, -0.2) is 14.8 Å². The molecule has 2 aliphatic heterocycles. The number of carbonyl (C=O) groups is 1. The van der Waals surface area contributed by atoms with Gasteiger partial charge in [-0.1, -0.05) is 30.3 Å². The molecule has 1 atom stereocenters. The van der Waals surface area contributed by atoms with Crippen LogP contribution in [0.25, 0.3) is 0 Å². The van der Waals surface area contributed by atoms with Gasteiger partial charge in [-0.15, -0.1) is 0 Å². The Morgan fingerprint density at radius 2 is 1.85 bits per heavy atom. The summed E-state index contributed by atoms with van der Waals surface area (Å²) in [6.45, 7) is 2.36. The third kappa shape index (κ3) is 3.17. The van der Waals surface area contributed by atoms with Gasteiger partial charge in [-0.2, -0.15) is 5.10 Å². The summed E-state index contributed by atoms with van der Waals surface area (Å²) >= 11 is 0. The zero-order valence-corrected chi connectivity index (χ0v) is 14.3. The van der Waals surface area contributed by atoms with Crippen molar-refractivity contribution in [3.05, 3.63) is 58.5 Å². The topological polar surface area (TPSA) is 84.9 Å². The fourth-order valence-corrected chi connectivity index (χ4v) is 3.33. The second-order valence-electron chi connectivity index (χ2n) is 6.32. The highest BCUT2D eigenvalue weighted by Crippen LogP contribution is 2.29. The van der Waals surface area contributed by atoms with Gasteiger partial charge in [0.1, 0.15) is 0 Å². The molecule has 26 heavy (non-hydrogen) atoms. The lowest BCUT2D eigenvalue weighted by Crippen LogP contribution is -2.52. The minimum atomic E-state index is -0.175. The number of amides is 2. The molecule has 1 N–H and O–H groups in total. The van der Waals surface area contributed by atoms with Crippen LogP contribution in [0.4, 0.5) is 10.7 Å². The Kier molecular flexibility index (Phi) is 4.39. The summed E-state index contributed by atoms with van der Waals surface area (Å²) in [6.07, 6.45) is 4.02. The normalized spacial score (nSPS) is 19.8. The fraction of sp³-hybridized carbons (Fsp3) is 0.333. The Bertz CT molecular complexity index is 857. The molecule has 0 radical (unpaired) electrons. The van der Waals surface area contributed by atoms with E-state index in [2.05, 4.69) is 15.1 Å². The average Bonchev–Trinajstić information content (AvgIpc) is 3.18. The van der Waals surface area contributed by atoms with Crippen LogP contribution in [-0.4, -0.2) is 58.3 Å². The van der Waals surface area contributed by atoms with Crippen molar-refractivity contribution >= 4 is 18.2 Å². The number of H-pyrrole nitrogens is 1. The van der Waals surface area contributed by atoms with Gasteiger partial charge in [-0.05, 0) is 5.56 Å². The number of anilines is 1. The van der Waals surface area contributed by atoms with Crippen LogP contribution in [0.5, 0.6) is 0 Å². The Balaban J connectivity index is 1.42. The first-order valence-electron chi connectivity index (χ1n) is 8.68. The van der Waals surface area contributed by atoms with Gasteiger partial charge in [0.05, 0.1) is 6.04 Å². The van der Waals surface area contributed by atoms with Crippen LogP contribution >= 0.6 is 0 Å². The number of benzene rings is 1. The molecule has 0 spiro atoms. The van der Waals surface area contributed by atoms with E-state index in [0.29, 0.717) is 32.1 Å². The molecular formula is C18H20N6O2. The van der Waals surface area contributed by atoms with E-state index in [-0.39, 0.29) is 17.6 Å². The third-order valence-electron chi connectivity index (χ3n) is 4.72. The highest BCUT2D eigenvalue weighted by Gasteiger charge is 2.33. The van der Waals surface area contributed by atoms with Crippen molar-refractivity contribution in [2.24, 2.45) is 5.10 Å². The number of aromatic amines is 1. The minimum Gasteiger partial charge on any atom is -0.339 e. The molecule has 0 bridgehead atoms. The summed E-state index contributed by atoms with van der Waals surface area (Å²) in [7, 11) is 0. The molecule has 1 fully saturated rings. The molecular weight excluding hydrogens is 332 g/mol. The molecule has 2 amide bonds. The highest BCUT2D eigenvalue weighted by atomic mass is 16.2. The number of urea groups is 1. The van der Waals surface area contributed by atoms with Gasteiger partial charge >= 0.3 is 6.03 Å². The van der Waals surface area contributed by atoms with Crippen molar-refractivity contribution in [3.63, 3.8) is 0 Å². The lowest BCUT2D eigenvalue weighted by atomic mass is 10.1. The number of rotatable bonds is 2. The van der Waals surface area contributed by atoms with Crippen molar-refractivity contribution in [2.75, 3.05) is 31.1 Å². The van der Waals surface area contributed by atoms with E-state index in [1.165, 1.54) is 12.3 Å². The van der Waals surface area contributed by atoms with Crippen molar-refractivity contribution < 1.29 is 4.79 Å². The number of hydrogen-bond acceptors (Lipinski definition) is 5. The van der Waals surface area contributed by atoms with Crippen molar-refractivity contribution in [1.29, 1.82) is 0 Å². The van der Waals surface area contributed by atoms with Crippen LogP contribution in [0.2, 0.25) is 0 Å². The van der Waals surface area contributed by atoms with Gasteiger partial charge in [0, 0.05) is 51.1 Å². The zero-order valence-electron chi connectivity index (χ0n) is 14.3. The Morgan fingerprint density at radius 3 is 2.58 bits per heavy atom. The first-order chi connectivity index (χ1) is 12.7. The standard InChI is InChI=1S/C18H20N6O2/c25-16-7-8-19-17(21-16)22-10-12-23(13-11-22)18(26)24-15(6-9-20-24)14-4-2-1-3-5-14/h1-5,7-9,15H,6,10-13H2,(H,19,21,25). The summed E-state index contributed by atoms with van der Waals surface area (Å²) in [5, 5.41) is 5.88. The maximum atomic E-state index is 12.9. The van der Waals surface area contributed by atoms with Crippen LogP contribution in [-0.2, 0) is 0 Å². The van der Waals surface area contributed by atoms with E-state index in [1.54, 1.807) is 16.1 Å². The lowest BCUT2D eigenvalue weighted by molar-refractivity contribution is 0.139. The molecule has 1 saturated heterocycles. The second kappa shape index (κ2) is 6.99. The number of hydrogen-bond donors (Lipinski definition) is 1. The van der Waals surface area contributed by atoms with E-state index >= 15 is 0 Å². The van der Waals surface area contributed by atoms with E-state index in [9.17, 15) is 9.59 Å². The lowest BCUT2D eigenvalue weighted by Gasteiger charge is -2.37. The molecule has 8 nitrogen and oxygen atoms in total. The molecule has 2 aromatic rings. The molecule has 3 heterocycles. The van der Waals surface area contributed by atoms with Gasteiger partial charge < -0.3 is 9.80 Å². The summed E-state index contributed by atoms with van der Waals surface area (Å²) < 4.78 is 0. The Morgan fingerprint density at radius 1 is 1.08 bits per heavy atom. The largest absolute Gasteiger partial charge is 0.341 e. The van der Waals surface area contributed by atoms with Crippen molar-refractivity contribution in [1.82, 2.24) is 19.9 Å². The zero-order chi connectivity index (χ0) is 17.9. The predicted octanol–water partition coefficient (Wildman–Crippen LogP) is 1.44. The smallest absolute Gasteiger partial charge is 0.339 e. The van der Waals surface area contributed by atoms with Gasteiger partial charge in [0.15, 0.2) is 0 Å². The number of carbonyl (C=O) groups excluding carboxylic acids is 1. The number of aromatic nitrogens is 2. The average molecular weight is 352 g/mol. The molecule has 0 saturated carbocycles. The number of hydrazone groups is 1. The first kappa shape index (κ1) is 16.3. The van der Waals surface area contributed by atoms with Crippen molar-refractivity contribution in [3.8, 4) is 0 Å². The summed E-state index contributed by atoms with van der Waals surface area (Å²) in [6, 6.07) is 11.2. The summed E-state index contributed by atoms with van der Waals surface area (Å²) in [4.78, 5) is 35.1. The maximum absolute atomic E-state index is 12.9. The molecule has 4 rings (SSSR count). The van der Waals surface area contributed by atoms with E-state index in [1.807, 2.05) is 35.2 Å². The third-order valence-corrected chi connectivity index (χ3v) is 4.72. The number of piperazine rings is 1. The monoisotopic (exact) mass is 352 g/mol.